The Morgan fingerprint density at radius 1 is 0.344 bits per heavy atom. The molecular formula is C58H102O6. The fourth-order valence-corrected chi connectivity index (χ4v) is 7.64. The van der Waals surface area contributed by atoms with Crippen LogP contribution in [-0.4, -0.2) is 37.2 Å². The third-order valence-corrected chi connectivity index (χ3v) is 11.8. The lowest BCUT2D eigenvalue weighted by molar-refractivity contribution is -0.167. The SMILES string of the molecule is CC/C=C\C/C=C\CCCCCCCCCC(=O)OCC(COC(=O)CCCCC/C=C\C=C/CCCCCCCCC)OC(=O)CCCCCCC/C=C\CCCCCCCCC. The van der Waals surface area contributed by atoms with Gasteiger partial charge in [-0.3, -0.25) is 14.4 Å². The van der Waals surface area contributed by atoms with Gasteiger partial charge in [-0.25, -0.2) is 0 Å². The summed E-state index contributed by atoms with van der Waals surface area (Å²) in [5.74, 6) is -0.926. The van der Waals surface area contributed by atoms with Crippen molar-refractivity contribution in [3.05, 3.63) is 60.8 Å². The van der Waals surface area contributed by atoms with E-state index >= 15 is 0 Å². The van der Waals surface area contributed by atoms with E-state index in [1.54, 1.807) is 0 Å². The molecule has 6 nitrogen and oxygen atoms in total. The summed E-state index contributed by atoms with van der Waals surface area (Å²) in [6.45, 7) is 6.50. The standard InChI is InChI=1S/C58H102O6/c1-4-7-10-13-16-19-22-25-28-30-33-36-39-42-45-48-51-57(60)63-54-55(53-62-56(59)50-47-44-41-38-35-32-27-24-21-18-15-12-9-6-3)64-58(61)52-49-46-43-40-37-34-31-29-26-23-20-17-14-11-8-5-2/h9,12,18,21,28-31,33,36,55H,4-8,10-11,13-17,19-20,22-27,32,34-35,37-54H2,1-3H3/b12-9-,21-18-,30-28-,31-29-,36-33-. The van der Waals surface area contributed by atoms with Crippen LogP contribution in [0.4, 0.5) is 0 Å². The van der Waals surface area contributed by atoms with Gasteiger partial charge in [0.15, 0.2) is 6.10 Å². The first kappa shape index (κ1) is 61.1. The number of rotatable bonds is 49. The van der Waals surface area contributed by atoms with Gasteiger partial charge in [0, 0.05) is 19.3 Å². The normalized spacial score (nSPS) is 12.5. The van der Waals surface area contributed by atoms with Crippen LogP contribution in [-0.2, 0) is 28.6 Å². The molecule has 0 bridgehead atoms. The summed E-state index contributed by atoms with van der Waals surface area (Å²) in [6.07, 6.45) is 64.9. The molecule has 0 aromatic heterocycles. The van der Waals surface area contributed by atoms with Gasteiger partial charge in [0.25, 0.3) is 0 Å². The Balaban J connectivity index is 4.43. The molecule has 0 amide bonds. The minimum absolute atomic E-state index is 0.0898. The molecule has 0 spiro atoms. The van der Waals surface area contributed by atoms with Crippen molar-refractivity contribution in [2.45, 2.75) is 277 Å². The molecule has 0 heterocycles. The fourth-order valence-electron chi connectivity index (χ4n) is 7.64. The minimum atomic E-state index is -0.792. The van der Waals surface area contributed by atoms with E-state index in [1.807, 2.05) is 0 Å². The molecule has 0 rings (SSSR count). The molecule has 0 aromatic carbocycles. The lowest BCUT2D eigenvalue weighted by Gasteiger charge is -2.18. The van der Waals surface area contributed by atoms with Crippen LogP contribution in [0.1, 0.15) is 271 Å². The monoisotopic (exact) mass is 895 g/mol. The quantitative estimate of drug-likeness (QED) is 0.0199. The van der Waals surface area contributed by atoms with Crippen molar-refractivity contribution in [3.63, 3.8) is 0 Å². The number of esters is 3. The van der Waals surface area contributed by atoms with Gasteiger partial charge < -0.3 is 14.2 Å². The van der Waals surface area contributed by atoms with Crippen LogP contribution in [0.3, 0.4) is 0 Å². The molecule has 0 aliphatic rings. The van der Waals surface area contributed by atoms with Gasteiger partial charge in [-0.05, 0) is 96.3 Å². The summed E-state index contributed by atoms with van der Waals surface area (Å²) in [5.41, 5.74) is 0. The van der Waals surface area contributed by atoms with Crippen molar-refractivity contribution >= 4 is 17.9 Å². The predicted molar refractivity (Wildman–Crippen MR) is 275 cm³/mol. The molecule has 1 unspecified atom stereocenters. The van der Waals surface area contributed by atoms with Gasteiger partial charge >= 0.3 is 17.9 Å². The lowest BCUT2D eigenvalue weighted by atomic mass is 10.1. The third-order valence-electron chi connectivity index (χ3n) is 11.8. The summed E-state index contributed by atoms with van der Waals surface area (Å²) in [5, 5.41) is 0. The summed E-state index contributed by atoms with van der Waals surface area (Å²) >= 11 is 0. The molecule has 370 valence electrons. The number of carbonyl (C=O) groups is 3. The zero-order valence-corrected chi connectivity index (χ0v) is 42.3. The van der Waals surface area contributed by atoms with Crippen molar-refractivity contribution in [1.29, 1.82) is 0 Å². The first-order valence-electron chi connectivity index (χ1n) is 27.3. The van der Waals surface area contributed by atoms with E-state index < -0.39 is 6.10 Å². The van der Waals surface area contributed by atoms with E-state index in [2.05, 4.69) is 81.5 Å². The summed E-state index contributed by atoms with van der Waals surface area (Å²) in [4.78, 5) is 38.0. The molecule has 0 saturated carbocycles. The maximum Gasteiger partial charge on any atom is 0.306 e. The van der Waals surface area contributed by atoms with Crippen LogP contribution in [0, 0.1) is 0 Å². The van der Waals surface area contributed by atoms with E-state index in [4.69, 9.17) is 14.2 Å². The fraction of sp³-hybridized carbons (Fsp3) is 0.776. The zero-order chi connectivity index (χ0) is 46.5. The Morgan fingerprint density at radius 3 is 1.06 bits per heavy atom. The second-order valence-electron chi connectivity index (χ2n) is 18.1. The predicted octanol–water partition coefficient (Wildman–Crippen LogP) is 18.0. The Morgan fingerprint density at radius 2 is 0.656 bits per heavy atom. The molecular weight excluding hydrogens is 793 g/mol. The molecule has 6 heteroatoms. The average molecular weight is 895 g/mol. The first-order chi connectivity index (χ1) is 31.5. The smallest absolute Gasteiger partial charge is 0.306 e. The summed E-state index contributed by atoms with van der Waals surface area (Å²) in [7, 11) is 0. The summed E-state index contributed by atoms with van der Waals surface area (Å²) < 4.78 is 16.8. The number of unbranched alkanes of at least 4 members (excludes halogenated alkanes) is 29. The maximum atomic E-state index is 12.8. The molecule has 0 radical (unpaired) electrons. The van der Waals surface area contributed by atoms with Crippen molar-refractivity contribution in [3.8, 4) is 0 Å². The van der Waals surface area contributed by atoms with Gasteiger partial charge in [-0.1, -0.05) is 216 Å². The number of ether oxygens (including phenoxy) is 3. The summed E-state index contributed by atoms with van der Waals surface area (Å²) in [6, 6.07) is 0. The van der Waals surface area contributed by atoms with Crippen LogP contribution in [0.5, 0.6) is 0 Å². The second kappa shape index (κ2) is 52.7. The molecule has 0 aromatic rings. The highest BCUT2D eigenvalue weighted by Crippen LogP contribution is 2.14. The Hall–Kier alpha value is -2.89. The van der Waals surface area contributed by atoms with Crippen LogP contribution in [0.25, 0.3) is 0 Å². The Kier molecular flexibility index (Phi) is 50.4. The van der Waals surface area contributed by atoms with Gasteiger partial charge in [0.05, 0.1) is 0 Å². The molecule has 1 atom stereocenters. The van der Waals surface area contributed by atoms with Gasteiger partial charge in [0.1, 0.15) is 13.2 Å². The van der Waals surface area contributed by atoms with Crippen LogP contribution >= 0.6 is 0 Å². The van der Waals surface area contributed by atoms with Crippen molar-refractivity contribution in [2.24, 2.45) is 0 Å². The van der Waals surface area contributed by atoms with Gasteiger partial charge in [-0.2, -0.15) is 0 Å². The van der Waals surface area contributed by atoms with E-state index in [9.17, 15) is 14.4 Å². The average Bonchev–Trinajstić information content (AvgIpc) is 3.29. The van der Waals surface area contributed by atoms with Gasteiger partial charge in [0.2, 0.25) is 0 Å². The number of hydrogen-bond donors (Lipinski definition) is 0. The molecule has 64 heavy (non-hydrogen) atoms. The molecule has 0 saturated heterocycles. The van der Waals surface area contributed by atoms with Crippen LogP contribution < -0.4 is 0 Å². The van der Waals surface area contributed by atoms with Crippen molar-refractivity contribution in [1.82, 2.24) is 0 Å². The second-order valence-corrected chi connectivity index (χ2v) is 18.1. The molecule has 0 aliphatic carbocycles. The third kappa shape index (κ3) is 50.1. The van der Waals surface area contributed by atoms with E-state index in [-0.39, 0.29) is 31.1 Å². The van der Waals surface area contributed by atoms with Crippen LogP contribution in [0.2, 0.25) is 0 Å². The molecule has 0 aliphatic heterocycles. The minimum Gasteiger partial charge on any atom is -0.462 e. The molecule has 0 fully saturated rings. The number of allylic oxidation sites excluding steroid dienone is 10. The highest BCUT2D eigenvalue weighted by Gasteiger charge is 2.19. The van der Waals surface area contributed by atoms with Crippen LogP contribution in [0.15, 0.2) is 60.8 Å². The van der Waals surface area contributed by atoms with E-state index in [0.717, 1.165) is 103 Å². The van der Waals surface area contributed by atoms with Gasteiger partial charge in [-0.15, -0.1) is 0 Å². The van der Waals surface area contributed by atoms with E-state index in [0.29, 0.717) is 19.3 Å². The zero-order valence-electron chi connectivity index (χ0n) is 42.3. The largest absolute Gasteiger partial charge is 0.462 e. The maximum absolute atomic E-state index is 12.8. The number of hydrogen-bond acceptors (Lipinski definition) is 6. The lowest BCUT2D eigenvalue weighted by Crippen LogP contribution is -2.30. The van der Waals surface area contributed by atoms with Crippen molar-refractivity contribution < 1.29 is 28.6 Å². The highest BCUT2D eigenvalue weighted by atomic mass is 16.6. The topological polar surface area (TPSA) is 78.9 Å². The Bertz CT molecular complexity index is 1170. The first-order valence-corrected chi connectivity index (χ1v) is 27.3. The Labute approximate surface area is 396 Å². The highest BCUT2D eigenvalue weighted by molar-refractivity contribution is 5.71. The molecule has 0 N–H and O–H groups in total. The van der Waals surface area contributed by atoms with Crippen molar-refractivity contribution in [2.75, 3.05) is 13.2 Å². The number of carbonyl (C=O) groups excluding carboxylic acids is 3. The van der Waals surface area contributed by atoms with E-state index in [1.165, 1.54) is 128 Å².